The summed E-state index contributed by atoms with van der Waals surface area (Å²) >= 11 is 0. The summed E-state index contributed by atoms with van der Waals surface area (Å²) in [5, 5.41) is 14.5. The van der Waals surface area contributed by atoms with Gasteiger partial charge in [-0.15, -0.1) is 0 Å². The van der Waals surface area contributed by atoms with E-state index in [9.17, 15) is 4.79 Å². The fourth-order valence-corrected chi connectivity index (χ4v) is 1.70. The number of hydroxylamine groups is 1. The van der Waals surface area contributed by atoms with Crippen LogP contribution in [0, 0.1) is 17.8 Å². The quantitative estimate of drug-likeness (QED) is 0.279. The van der Waals surface area contributed by atoms with E-state index in [1.165, 1.54) is 0 Å². The zero-order valence-electron chi connectivity index (χ0n) is 12.5. The Morgan fingerprint density at radius 1 is 1.29 bits per heavy atom. The van der Waals surface area contributed by atoms with Crippen LogP contribution >= 0.6 is 0 Å². The van der Waals surface area contributed by atoms with E-state index >= 15 is 0 Å². The molecule has 0 saturated carbocycles. The second kappa shape index (κ2) is 9.81. The molecule has 1 rings (SSSR count). The predicted octanol–water partition coefficient (Wildman–Crippen LogP) is 1.73. The summed E-state index contributed by atoms with van der Waals surface area (Å²) in [5.74, 6) is 6.61. The molecule has 21 heavy (non-hydrogen) atoms. The van der Waals surface area contributed by atoms with Gasteiger partial charge >= 0.3 is 6.03 Å². The second-order valence-electron chi connectivity index (χ2n) is 5.16. The van der Waals surface area contributed by atoms with Crippen molar-refractivity contribution in [3.63, 3.8) is 0 Å². The van der Waals surface area contributed by atoms with Gasteiger partial charge in [0.05, 0.1) is 6.04 Å². The Balaban J connectivity index is 2.56. The number of hydrogen-bond donors (Lipinski definition) is 4. The molecule has 1 atom stereocenters. The maximum Gasteiger partial charge on any atom is 0.339 e. The van der Waals surface area contributed by atoms with Gasteiger partial charge in [-0.25, -0.2) is 10.3 Å². The van der Waals surface area contributed by atoms with E-state index in [0.29, 0.717) is 12.3 Å². The molecule has 5 nitrogen and oxygen atoms in total. The zero-order chi connectivity index (χ0) is 15.5. The largest absolute Gasteiger partial charge is 0.339 e. The lowest BCUT2D eigenvalue weighted by Crippen LogP contribution is -2.41. The highest BCUT2D eigenvalue weighted by atomic mass is 16.5. The predicted molar refractivity (Wildman–Crippen MR) is 82.9 cm³/mol. The average molecular weight is 289 g/mol. The molecule has 0 unspecified atom stereocenters. The van der Waals surface area contributed by atoms with Gasteiger partial charge in [0, 0.05) is 5.56 Å². The van der Waals surface area contributed by atoms with Crippen LogP contribution in [0.15, 0.2) is 30.3 Å². The summed E-state index contributed by atoms with van der Waals surface area (Å²) in [6.07, 6.45) is 0.667. The number of amides is 2. The SMILES string of the molecule is CC(C)CNCC[C@H](C#Cc1ccccc1)NC(=O)NO. The Bertz CT molecular complexity index is 477. The lowest BCUT2D eigenvalue weighted by atomic mass is 10.1. The Kier molecular flexibility index (Phi) is 7.95. The van der Waals surface area contributed by atoms with Gasteiger partial charge in [0.1, 0.15) is 0 Å². The van der Waals surface area contributed by atoms with Crippen molar-refractivity contribution in [1.29, 1.82) is 0 Å². The van der Waals surface area contributed by atoms with Gasteiger partial charge in [-0.2, -0.15) is 0 Å². The molecule has 5 heteroatoms. The van der Waals surface area contributed by atoms with Crippen LogP contribution in [0.25, 0.3) is 0 Å². The molecular formula is C16H23N3O2. The maximum absolute atomic E-state index is 11.2. The summed E-state index contributed by atoms with van der Waals surface area (Å²) in [4.78, 5) is 11.2. The van der Waals surface area contributed by atoms with E-state index in [1.807, 2.05) is 30.3 Å². The highest BCUT2D eigenvalue weighted by molar-refractivity contribution is 5.73. The molecule has 0 fully saturated rings. The van der Waals surface area contributed by atoms with Crippen LogP contribution in [0.3, 0.4) is 0 Å². The molecule has 0 aliphatic heterocycles. The van der Waals surface area contributed by atoms with Crippen LogP contribution in [-0.4, -0.2) is 30.4 Å². The van der Waals surface area contributed by atoms with Gasteiger partial charge < -0.3 is 10.6 Å². The van der Waals surface area contributed by atoms with E-state index in [-0.39, 0.29) is 6.04 Å². The third-order valence-electron chi connectivity index (χ3n) is 2.73. The molecule has 1 aromatic carbocycles. The summed E-state index contributed by atoms with van der Waals surface area (Å²) in [6.45, 7) is 5.94. The highest BCUT2D eigenvalue weighted by Gasteiger charge is 2.08. The molecular weight excluding hydrogens is 266 g/mol. The summed E-state index contributed by atoms with van der Waals surface area (Å²) in [7, 11) is 0. The van der Waals surface area contributed by atoms with Crippen molar-refractivity contribution in [2.45, 2.75) is 26.3 Å². The third kappa shape index (κ3) is 7.98. The first-order valence-corrected chi connectivity index (χ1v) is 7.09. The van der Waals surface area contributed by atoms with Crippen molar-refractivity contribution < 1.29 is 10.0 Å². The number of carbonyl (C=O) groups is 1. The van der Waals surface area contributed by atoms with E-state index < -0.39 is 6.03 Å². The van der Waals surface area contributed by atoms with Crippen molar-refractivity contribution in [2.75, 3.05) is 13.1 Å². The molecule has 2 amide bonds. The lowest BCUT2D eigenvalue weighted by molar-refractivity contribution is 0.160. The standard InChI is InChI=1S/C16H23N3O2/c1-13(2)12-17-11-10-15(18-16(20)19-21)9-8-14-6-4-3-5-7-14/h3-7,13,15,17,21H,10-12H2,1-2H3,(H2,18,19,20)/t15-/m0/s1. The molecule has 4 N–H and O–H groups in total. The summed E-state index contributed by atoms with van der Waals surface area (Å²) in [5.41, 5.74) is 2.46. The van der Waals surface area contributed by atoms with Crippen molar-refractivity contribution >= 4 is 6.03 Å². The molecule has 0 aliphatic rings. The first kappa shape index (κ1) is 17.0. The number of hydrogen-bond acceptors (Lipinski definition) is 3. The van der Waals surface area contributed by atoms with Crippen molar-refractivity contribution in [2.24, 2.45) is 5.92 Å². The average Bonchev–Trinajstić information content (AvgIpc) is 2.49. The molecule has 0 aliphatic carbocycles. The van der Waals surface area contributed by atoms with E-state index in [2.05, 4.69) is 36.3 Å². The molecule has 0 radical (unpaired) electrons. The van der Waals surface area contributed by atoms with Crippen LogP contribution in [0.2, 0.25) is 0 Å². The van der Waals surface area contributed by atoms with Crippen molar-refractivity contribution in [3.05, 3.63) is 35.9 Å². The normalized spacial score (nSPS) is 11.4. The van der Waals surface area contributed by atoms with Crippen LogP contribution in [0.1, 0.15) is 25.8 Å². The van der Waals surface area contributed by atoms with Gasteiger partial charge in [0.25, 0.3) is 0 Å². The van der Waals surface area contributed by atoms with Gasteiger partial charge in [-0.05, 0) is 37.6 Å². The summed E-state index contributed by atoms with van der Waals surface area (Å²) < 4.78 is 0. The fourth-order valence-electron chi connectivity index (χ4n) is 1.70. The van der Waals surface area contributed by atoms with E-state index in [4.69, 9.17) is 5.21 Å². The van der Waals surface area contributed by atoms with E-state index in [0.717, 1.165) is 18.7 Å². The third-order valence-corrected chi connectivity index (χ3v) is 2.73. The minimum absolute atomic E-state index is 0.322. The Labute approximate surface area is 126 Å². The van der Waals surface area contributed by atoms with Crippen molar-refractivity contribution in [1.82, 2.24) is 16.1 Å². The van der Waals surface area contributed by atoms with Crippen LogP contribution in [0.5, 0.6) is 0 Å². The molecule has 0 saturated heterocycles. The maximum atomic E-state index is 11.2. The Hall–Kier alpha value is -2.03. The molecule has 0 aromatic heterocycles. The van der Waals surface area contributed by atoms with Gasteiger partial charge in [-0.1, -0.05) is 43.9 Å². The molecule has 1 aromatic rings. The minimum Gasteiger partial charge on any atom is -0.323 e. The molecule has 114 valence electrons. The van der Waals surface area contributed by atoms with Crippen LogP contribution < -0.4 is 16.1 Å². The number of benzene rings is 1. The smallest absolute Gasteiger partial charge is 0.323 e. The summed E-state index contributed by atoms with van der Waals surface area (Å²) in [6, 6.07) is 8.60. The van der Waals surface area contributed by atoms with Gasteiger partial charge in [0.2, 0.25) is 0 Å². The monoisotopic (exact) mass is 289 g/mol. The first-order valence-electron chi connectivity index (χ1n) is 7.09. The number of nitrogens with one attached hydrogen (secondary N) is 3. The first-order chi connectivity index (χ1) is 10.1. The topological polar surface area (TPSA) is 73.4 Å². The van der Waals surface area contributed by atoms with E-state index in [1.54, 1.807) is 5.48 Å². The molecule has 0 heterocycles. The Morgan fingerprint density at radius 2 is 2.00 bits per heavy atom. The number of urea groups is 1. The lowest BCUT2D eigenvalue weighted by Gasteiger charge is -2.13. The number of carbonyl (C=O) groups excluding carboxylic acids is 1. The van der Waals surface area contributed by atoms with Gasteiger partial charge in [0.15, 0.2) is 0 Å². The van der Waals surface area contributed by atoms with Crippen molar-refractivity contribution in [3.8, 4) is 11.8 Å². The zero-order valence-corrected chi connectivity index (χ0v) is 12.5. The Morgan fingerprint density at radius 3 is 2.62 bits per heavy atom. The minimum atomic E-state index is -0.647. The molecule has 0 bridgehead atoms. The van der Waals surface area contributed by atoms with Crippen LogP contribution in [0.4, 0.5) is 4.79 Å². The fraction of sp³-hybridized carbons (Fsp3) is 0.438. The van der Waals surface area contributed by atoms with Crippen LogP contribution in [-0.2, 0) is 0 Å². The highest BCUT2D eigenvalue weighted by Crippen LogP contribution is 1.97. The number of rotatable bonds is 6. The molecule has 0 spiro atoms. The van der Waals surface area contributed by atoms with Gasteiger partial charge in [-0.3, -0.25) is 5.21 Å². The second-order valence-corrected chi connectivity index (χ2v) is 5.16.